The summed E-state index contributed by atoms with van der Waals surface area (Å²) in [6.45, 7) is 1.94. The Hall–Kier alpha value is -2.54. The van der Waals surface area contributed by atoms with E-state index in [-0.39, 0.29) is 17.9 Å². The van der Waals surface area contributed by atoms with Crippen LogP contribution in [0.15, 0.2) is 48.5 Å². The molecule has 1 heterocycles. The molecule has 0 unspecified atom stereocenters. The number of halogens is 3. The van der Waals surface area contributed by atoms with Crippen molar-refractivity contribution < 1.29 is 27.4 Å². The number of methoxy groups -OCH3 is 1. The van der Waals surface area contributed by atoms with Crippen molar-refractivity contribution in [2.24, 2.45) is 0 Å². The molecule has 0 bridgehead atoms. The predicted molar refractivity (Wildman–Crippen MR) is 108 cm³/mol. The first-order valence-corrected chi connectivity index (χ1v) is 9.88. The average Bonchev–Trinajstić information content (AvgIpc) is 2.74. The molecule has 0 aromatic heterocycles. The number of ether oxygens (including phenoxy) is 2. The number of nitrogens with zero attached hydrogens (tertiary/aromatic N) is 1. The predicted octanol–water partition coefficient (Wildman–Crippen LogP) is 4.97. The van der Waals surface area contributed by atoms with Crippen molar-refractivity contribution in [3.8, 4) is 5.75 Å². The van der Waals surface area contributed by atoms with E-state index in [0.29, 0.717) is 30.0 Å². The summed E-state index contributed by atoms with van der Waals surface area (Å²) < 4.78 is 46.8. The van der Waals surface area contributed by atoms with Gasteiger partial charge in [-0.15, -0.1) is 0 Å². The van der Waals surface area contributed by atoms with Crippen molar-refractivity contribution >= 4 is 5.91 Å². The van der Waals surface area contributed by atoms with Crippen molar-refractivity contribution in [2.45, 2.75) is 38.0 Å². The molecule has 1 aliphatic heterocycles. The molecule has 162 valence electrons. The van der Waals surface area contributed by atoms with Crippen LogP contribution < -0.4 is 4.74 Å². The molecule has 0 saturated carbocycles. The third-order valence-corrected chi connectivity index (χ3v) is 5.68. The number of hydrogen-bond donors (Lipinski definition) is 0. The van der Waals surface area contributed by atoms with Crippen LogP contribution in [0.4, 0.5) is 13.2 Å². The van der Waals surface area contributed by atoms with Crippen LogP contribution >= 0.6 is 0 Å². The Bertz CT molecular complexity index is 860. The molecular formula is C23H26F3NO3. The van der Waals surface area contributed by atoms with E-state index in [9.17, 15) is 18.0 Å². The Labute approximate surface area is 174 Å². The normalized spacial score (nSPS) is 16.4. The van der Waals surface area contributed by atoms with E-state index >= 15 is 0 Å². The minimum absolute atomic E-state index is 0.0371. The lowest BCUT2D eigenvalue weighted by atomic mass is 9.74. The van der Waals surface area contributed by atoms with Gasteiger partial charge in [-0.3, -0.25) is 4.79 Å². The quantitative estimate of drug-likeness (QED) is 0.661. The van der Waals surface area contributed by atoms with Gasteiger partial charge in [0.15, 0.2) is 0 Å². The number of carbonyl (C=O) groups is 1. The monoisotopic (exact) mass is 421 g/mol. The van der Waals surface area contributed by atoms with E-state index in [0.717, 1.165) is 12.8 Å². The summed E-state index contributed by atoms with van der Waals surface area (Å²) in [5.41, 5.74) is 2.24. The minimum atomic E-state index is -4.38. The van der Waals surface area contributed by atoms with Gasteiger partial charge in [-0.2, -0.15) is 13.2 Å². The largest absolute Gasteiger partial charge is 0.496 e. The lowest BCUT2D eigenvalue weighted by molar-refractivity contribution is -0.176. The van der Waals surface area contributed by atoms with Crippen molar-refractivity contribution in [1.29, 1.82) is 0 Å². The maximum atomic E-state index is 13.0. The summed E-state index contributed by atoms with van der Waals surface area (Å²) in [4.78, 5) is 14.8. The third-order valence-electron chi connectivity index (χ3n) is 5.68. The molecule has 0 aliphatic carbocycles. The summed E-state index contributed by atoms with van der Waals surface area (Å²) in [5.74, 6) is 0.236. The topological polar surface area (TPSA) is 38.8 Å². The van der Waals surface area contributed by atoms with Crippen LogP contribution in [0.1, 0.15) is 41.3 Å². The molecule has 7 heteroatoms. The van der Waals surface area contributed by atoms with Crippen molar-refractivity contribution in [1.82, 2.24) is 4.90 Å². The van der Waals surface area contributed by atoms with Crippen LogP contribution in [-0.2, 0) is 16.8 Å². The van der Waals surface area contributed by atoms with Gasteiger partial charge >= 0.3 is 6.18 Å². The molecule has 1 fully saturated rings. The molecule has 4 nitrogen and oxygen atoms in total. The van der Waals surface area contributed by atoms with Crippen LogP contribution in [0, 0.1) is 0 Å². The van der Waals surface area contributed by atoms with Gasteiger partial charge in [-0.25, -0.2) is 0 Å². The molecule has 0 spiro atoms. The SMILES string of the molecule is COc1cc(C(=O)N2CCC(C)(c3ccccc3)CC2)ccc1COCC(F)(F)F. The second-order valence-corrected chi connectivity index (χ2v) is 7.85. The number of benzene rings is 2. The van der Waals surface area contributed by atoms with E-state index in [4.69, 9.17) is 9.47 Å². The van der Waals surface area contributed by atoms with E-state index in [1.165, 1.54) is 12.7 Å². The highest BCUT2D eigenvalue weighted by atomic mass is 19.4. The van der Waals surface area contributed by atoms with Crippen LogP contribution in [-0.4, -0.2) is 43.8 Å². The summed E-state index contributed by atoms with van der Waals surface area (Å²) in [6.07, 6.45) is -2.65. The maximum absolute atomic E-state index is 13.0. The lowest BCUT2D eigenvalue weighted by Crippen LogP contribution is -2.43. The number of carbonyl (C=O) groups excluding carboxylic acids is 1. The molecule has 1 amide bonds. The minimum Gasteiger partial charge on any atom is -0.496 e. The molecular weight excluding hydrogens is 395 g/mol. The number of hydrogen-bond acceptors (Lipinski definition) is 3. The van der Waals surface area contributed by atoms with Gasteiger partial charge in [0, 0.05) is 24.2 Å². The van der Waals surface area contributed by atoms with E-state index in [1.807, 2.05) is 23.1 Å². The number of rotatable bonds is 6. The highest BCUT2D eigenvalue weighted by Gasteiger charge is 2.33. The molecule has 3 rings (SSSR count). The van der Waals surface area contributed by atoms with Gasteiger partial charge in [-0.1, -0.05) is 43.3 Å². The Balaban J connectivity index is 1.64. The summed E-state index contributed by atoms with van der Waals surface area (Å²) >= 11 is 0. The molecule has 2 aromatic rings. The zero-order valence-electron chi connectivity index (χ0n) is 17.2. The fraction of sp³-hybridized carbons (Fsp3) is 0.435. The summed E-state index contributed by atoms with van der Waals surface area (Å²) in [7, 11) is 1.42. The molecule has 0 N–H and O–H groups in total. The summed E-state index contributed by atoms with van der Waals surface area (Å²) in [5, 5.41) is 0. The molecule has 0 radical (unpaired) electrons. The zero-order chi connectivity index (χ0) is 21.8. The first-order valence-electron chi connectivity index (χ1n) is 9.88. The molecule has 1 aliphatic rings. The van der Waals surface area contributed by atoms with Crippen molar-refractivity contribution in [3.05, 3.63) is 65.2 Å². The van der Waals surface area contributed by atoms with Gasteiger partial charge in [0.1, 0.15) is 12.4 Å². The van der Waals surface area contributed by atoms with Crippen LogP contribution in [0.25, 0.3) is 0 Å². The number of alkyl halides is 3. The van der Waals surface area contributed by atoms with Gasteiger partial charge in [0.2, 0.25) is 0 Å². The Morgan fingerprint density at radius 2 is 1.77 bits per heavy atom. The van der Waals surface area contributed by atoms with E-state index < -0.39 is 12.8 Å². The van der Waals surface area contributed by atoms with E-state index in [2.05, 4.69) is 19.1 Å². The highest BCUT2D eigenvalue weighted by molar-refractivity contribution is 5.94. The number of amides is 1. The highest BCUT2D eigenvalue weighted by Crippen LogP contribution is 2.35. The van der Waals surface area contributed by atoms with Crippen molar-refractivity contribution in [3.63, 3.8) is 0 Å². The van der Waals surface area contributed by atoms with Gasteiger partial charge in [-0.05, 0) is 36.0 Å². The van der Waals surface area contributed by atoms with E-state index in [1.54, 1.807) is 18.2 Å². The van der Waals surface area contributed by atoms with Gasteiger partial charge in [0.05, 0.1) is 13.7 Å². The number of piperidine rings is 1. The first kappa shape index (κ1) is 22.2. The fourth-order valence-corrected chi connectivity index (χ4v) is 3.79. The standard InChI is InChI=1S/C23H26F3NO3/c1-22(19-6-4-3-5-7-19)10-12-27(13-11-22)21(28)17-8-9-18(20(14-17)29-2)15-30-16-23(24,25)26/h3-9,14H,10-13,15-16H2,1-2H3. The molecule has 30 heavy (non-hydrogen) atoms. The Morgan fingerprint density at radius 1 is 1.10 bits per heavy atom. The Kier molecular flexibility index (Phi) is 6.71. The maximum Gasteiger partial charge on any atom is 0.411 e. The van der Waals surface area contributed by atoms with Crippen LogP contribution in [0.5, 0.6) is 5.75 Å². The number of likely N-dealkylation sites (tertiary alicyclic amines) is 1. The average molecular weight is 421 g/mol. The fourth-order valence-electron chi connectivity index (χ4n) is 3.79. The molecule has 0 atom stereocenters. The second kappa shape index (κ2) is 9.08. The van der Waals surface area contributed by atoms with Gasteiger partial charge < -0.3 is 14.4 Å². The Morgan fingerprint density at radius 3 is 2.37 bits per heavy atom. The second-order valence-electron chi connectivity index (χ2n) is 7.85. The van der Waals surface area contributed by atoms with Crippen LogP contribution in [0.2, 0.25) is 0 Å². The van der Waals surface area contributed by atoms with Gasteiger partial charge in [0.25, 0.3) is 5.91 Å². The zero-order valence-corrected chi connectivity index (χ0v) is 17.2. The van der Waals surface area contributed by atoms with Crippen LogP contribution in [0.3, 0.4) is 0 Å². The van der Waals surface area contributed by atoms with Crippen molar-refractivity contribution in [2.75, 3.05) is 26.8 Å². The summed E-state index contributed by atoms with van der Waals surface area (Å²) in [6, 6.07) is 15.1. The lowest BCUT2D eigenvalue weighted by Gasteiger charge is -2.40. The third kappa shape index (κ3) is 5.33. The molecule has 1 saturated heterocycles. The first-order chi connectivity index (χ1) is 14.2. The smallest absolute Gasteiger partial charge is 0.411 e. The molecule has 2 aromatic carbocycles.